The molecule has 0 radical (unpaired) electrons. The van der Waals surface area contributed by atoms with Crippen LogP contribution in [0.25, 0.3) is 11.4 Å². The molecule has 21 heavy (non-hydrogen) atoms. The minimum atomic E-state index is 0.118. The predicted octanol–water partition coefficient (Wildman–Crippen LogP) is 4.47. The molecule has 1 N–H and O–H groups in total. The minimum Gasteiger partial charge on any atom is -0.243 e. The molecule has 2 heterocycles. The van der Waals surface area contributed by atoms with E-state index in [1.54, 1.807) is 0 Å². The van der Waals surface area contributed by atoms with Crippen molar-refractivity contribution < 1.29 is 4.57 Å². The molecule has 3 rings (SSSR count). The van der Waals surface area contributed by atoms with Gasteiger partial charge in [0.05, 0.1) is 5.56 Å². The van der Waals surface area contributed by atoms with Crippen molar-refractivity contribution in [1.29, 1.82) is 0 Å². The number of nitrogens with one attached hydrogen (secondary N) is 1. The number of hydrogen-bond donors (Lipinski definition) is 1. The van der Waals surface area contributed by atoms with Crippen LogP contribution in [0.15, 0.2) is 30.6 Å². The summed E-state index contributed by atoms with van der Waals surface area (Å²) >= 11 is 0. The maximum absolute atomic E-state index is 3.49. The standard InChI is InChI=1S/C19H26N2/c1-6-18(5)19(7-2,8-3)15-11-9-10-14(4)16(15)17-20-12-13-21(17)18/h9-13H,6-8H2,1-5H3/p+1. The highest BCUT2D eigenvalue weighted by Crippen LogP contribution is 2.51. The monoisotopic (exact) mass is 283 g/mol. The smallest absolute Gasteiger partial charge is 0.243 e. The van der Waals surface area contributed by atoms with E-state index in [-0.39, 0.29) is 11.0 Å². The van der Waals surface area contributed by atoms with E-state index in [2.05, 4.69) is 74.8 Å². The second-order valence-electron chi connectivity index (χ2n) is 6.59. The molecule has 0 saturated carbocycles. The molecule has 0 saturated heterocycles. The molecule has 2 nitrogen and oxygen atoms in total. The average molecular weight is 283 g/mol. The molecule has 0 aliphatic carbocycles. The van der Waals surface area contributed by atoms with Gasteiger partial charge in [0.25, 0.3) is 5.82 Å². The number of nitrogens with zero attached hydrogens (tertiary/aromatic N) is 1. The van der Waals surface area contributed by atoms with Gasteiger partial charge >= 0.3 is 0 Å². The fraction of sp³-hybridized carbons (Fsp3) is 0.526. The Bertz CT molecular complexity index is 664. The first-order valence-electron chi connectivity index (χ1n) is 8.25. The fourth-order valence-corrected chi connectivity index (χ4v) is 4.74. The Morgan fingerprint density at radius 3 is 2.43 bits per heavy atom. The first-order chi connectivity index (χ1) is 10.1. The molecule has 2 heteroatoms. The van der Waals surface area contributed by atoms with E-state index >= 15 is 0 Å². The summed E-state index contributed by atoms with van der Waals surface area (Å²) in [6.45, 7) is 11.7. The number of H-pyrrole nitrogens is 1. The third kappa shape index (κ3) is 1.56. The summed E-state index contributed by atoms with van der Waals surface area (Å²) in [5.41, 5.74) is 4.62. The molecule has 0 spiro atoms. The second kappa shape index (κ2) is 4.72. The first kappa shape index (κ1) is 14.4. The molecule has 1 atom stereocenters. The topological polar surface area (TPSA) is 19.7 Å². The van der Waals surface area contributed by atoms with Gasteiger partial charge in [0.2, 0.25) is 0 Å². The lowest BCUT2D eigenvalue weighted by atomic mass is 9.58. The summed E-state index contributed by atoms with van der Waals surface area (Å²) in [7, 11) is 0. The summed E-state index contributed by atoms with van der Waals surface area (Å²) in [5.74, 6) is 1.27. The molecule has 1 aliphatic heterocycles. The number of aromatic nitrogens is 2. The van der Waals surface area contributed by atoms with Crippen molar-refractivity contribution in [3.63, 3.8) is 0 Å². The summed E-state index contributed by atoms with van der Waals surface area (Å²) in [5, 5.41) is 0. The third-order valence-electron chi connectivity index (χ3n) is 6.17. The molecule has 112 valence electrons. The van der Waals surface area contributed by atoms with Gasteiger partial charge in [-0.15, -0.1) is 0 Å². The third-order valence-corrected chi connectivity index (χ3v) is 6.17. The zero-order valence-corrected chi connectivity index (χ0v) is 14.0. The van der Waals surface area contributed by atoms with Gasteiger partial charge < -0.3 is 0 Å². The summed E-state index contributed by atoms with van der Waals surface area (Å²) in [6.07, 6.45) is 7.79. The lowest BCUT2D eigenvalue weighted by molar-refractivity contribution is -0.764. The highest BCUT2D eigenvalue weighted by Gasteiger charge is 2.56. The Balaban J connectivity index is 2.45. The highest BCUT2D eigenvalue weighted by molar-refractivity contribution is 5.66. The van der Waals surface area contributed by atoms with Gasteiger partial charge in [-0.25, -0.2) is 9.55 Å². The Morgan fingerprint density at radius 2 is 1.81 bits per heavy atom. The molecular formula is C19H27N2+. The molecule has 1 aromatic heterocycles. The average Bonchev–Trinajstić information content (AvgIpc) is 2.98. The van der Waals surface area contributed by atoms with Crippen molar-refractivity contribution in [3.8, 4) is 11.4 Å². The number of imidazole rings is 1. The SMILES string of the molecule is CCC1(CC)c2cccc(C)c2-c2[nH]cc[n+]2C1(C)CC. The molecular weight excluding hydrogens is 256 g/mol. The summed E-state index contributed by atoms with van der Waals surface area (Å²) in [6, 6.07) is 6.81. The van der Waals surface area contributed by atoms with Gasteiger partial charge in [-0.05, 0) is 44.2 Å². The van der Waals surface area contributed by atoms with Crippen LogP contribution < -0.4 is 4.57 Å². The number of benzene rings is 1. The minimum absolute atomic E-state index is 0.118. The zero-order valence-electron chi connectivity index (χ0n) is 14.0. The summed E-state index contributed by atoms with van der Waals surface area (Å²) in [4.78, 5) is 3.49. The Kier molecular flexibility index (Phi) is 3.23. The largest absolute Gasteiger partial charge is 0.287 e. The van der Waals surface area contributed by atoms with Crippen LogP contribution in [0.1, 0.15) is 58.1 Å². The van der Waals surface area contributed by atoms with E-state index in [1.807, 2.05) is 0 Å². The van der Waals surface area contributed by atoms with Gasteiger partial charge in [0, 0.05) is 5.41 Å². The first-order valence-corrected chi connectivity index (χ1v) is 8.25. The predicted molar refractivity (Wildman–Crippen MR) is 87.4 cm³/mol. The molecule has 0 fully saturated rings. The lowest BCUT2D eigenvalue weighted by Gasteiger charge is -2.49. The van der Waals surface area contributed by atoms with Crippen LogP contribution in [0.4, 0.5) is 0 Å². The van der Waals surface area contributed by atoms with E-state index < -0.39 is 0 Å². The van der Waals surface area contributed by atoms with E-state index in [1.165, 1.54) is 35.4 Å². The molecule has 1 aromatic carbocycles. The molecule has 1 aliphatic rings. The van der Waals surface area contributed by atoms with Crippen LogP contribution in [0, 0.1) is 6.92 Å². The van der Waals surface area contributed by atoms with Gasteiger partial charge in [-0.2, -0.15) is 0 Å². The Hall–Kier alpha value is -1.57. The van der Waals surface area contributed by atoms with Gasteiger partial charge in [-0.3, -0.25) is 0 Å². The Morgan fingerprint density at radius 1 is 1.10 bits per heavy atom. The molecule has 0 bridgehead atoms. The van der Waals surface area contributed by atoms with Crippen molar-refractivity contribution in [2.45, 2.75) is 64.8 Å². The van der Waals surface area contributed by atoms with Crippen LogP contribution in [0.2, 0.25) is 0 Å². The molecule has 2 aromatic rings. The molecule has 1 unspecified atom stereocenters. The van der Waals surface area contributed by atoms with Crippen molar-refractivity contribution in [1.82, 2.24) is 4.98 Å². The van der Waals surface area contributed by atoms with E-state index in [0.29, 0.717) is 0 Å². The van der Waals surface area contributed by atoms with Crippen molar-refractivity contribution in [2.75, 3.05) is 0 Å². The maximum atomic E-state index is 3.49. The van der Waals surface area contributed by atoms with Crippen molar-refractivity contribution in [3.05, 3.63) is 41.7 Å². The van der Waals surface area contributed by atoms with Crippen LogP contribution in [-0.2, 0) is 11.0 Å². The number of aryl methyl sites for hydroxylation is 1. The van der Waals surface area contributed by atoms with Crippen LogP contribution >= 0.6 is 0 Å². The quantitative estimate of drug-likeness (QED) is 0.802. The summed E-state index contributed by atoms with van der Waals surface area (Å²) < 4.78 is 2.50. The fourth-order valence-electron chi connectivity index (χ4n) is 4.74. The van der Waals surface area contributed by atoms with Gasteiger partial charge in [0.1, 0.15) is 17.9 Å². The Labute approximate surface area is 128 Å². The van der Waals surface area contributed by atoms with Crippen molar-refractivity contribution in [2.24, 2.45) is 0 Å². The highest BCUT2D eigenvalue weighted by atomic mass is 15.2. The zero-order chi connectivity index (χ0) is 15.3. The lowest BCUT2D eigenvalue weighted by Crippen LogP contribution is -2.67. The number of rotatable bonds is 3. The maximum Gasteiger partial charge on any atom is 0.287 e. The second-order valence-corrected chi connectivity index (χ2v) is 6.59. The van der Waals surface area contributed by atoms with Crippen LogP contribution in [0.5, 0.6) is 0 Å². The number of aromatic amines is 1. The molecule has 0 amide bonds. The van der Waals surface area contributed by atoms with E-state index in [0.717, 1.165) is 6.42 Å². The number of fused-ring (bicyclic) bond motifs is 3. The normalized spacial score (nSPS) is 22.7. The van der Waals surface area contributed by atoms with E-state index in [9.17, 15) is 0 Å². The van der Waals surface area contributed by atoms with E-state index in [4.69, 9.17) is 0 Å². The van der Waals surface area contributed by atoms with Gasteiger partial charge in [0.15, 0.2) is 0 Å². The van der Waals surface area contributed by atoms with Crippen LogP contribution in [-0.4, -0.2) is 4.98 Å². The van der Waals surface area contributed by atoms with Crippen molar-refractivity contribution >= 4 is 0 Å². The van der Waals surface area contributed by atoms with Gasteiger partial charge in [-0.1, -0.05) is 39.0 Å². The van der Waals surface area contributed by atoms with Crippen LogP contribution in [0.3, 0.4) is 0 Å². The number of hydrogen-bond acceptors (Lipinski definition) is 0.